The van der Waals surface area contributed by atoms with Gasteiger partial charge in [0.2, 0.25) is 10.0 Å². The lowest BCUT2D eigenvalue weighted by Crippen LogP contribution is -2.39. The summed E-state index contributed by atoms with van der Waals surface area (Å²) in [4.78, 5) is -0.608. The molecular formula is C10H12BF2NO4S. The van der Waals surface area contributed by atoms with Gasteiger partial charge in [0.25, 0.3) is 0 Å². The van der Waals surface area contributed by atoms with Crippen molar-refractivity contribution in [1.82, 2.24) is 4.31 Å². The minimum Gasteiger partial charge on any atom is -0.423 e. The summed E-state index contributed by atoms with van der Waals surface area (Å²) >= 11 is 0. The third kappa shape index (κ3) is 2.64. The average molecular weight is 291 g/mol. The van der Waals surface area contributed by atoms with E-state index in [1.54, 1.807) is 0 Å². The summed E-state index contributed by atoms with van der Waals surface area (Å²) in [6.07, 6.45) is 1.36. The largest absolute Gasteiger partial charge is 0.489 e. The highest BCUT2D eigenvalue weighted by Gasteiger charge is 2.33. The van der Waals surface area contributed by atoms with E-state index in [0.29, 0.717) is 25.0 Å². The van der Waals surface area contributed by atoms with E-state index in [2.05, 4.69) is 0 Å². The fourth-order valence-corrected chi connectivity index (χ4v) is 3.77. The van der Waals surface area contributed by atoms with Gasteiger partial charge in [0, 0.05) is 18.6 Å². The molecule has 0 bridgehead atoms. The molecule has 0 spiro atoms. The van der Waals surface area contributed by atoms with Crippen LogP contribution >= 0.6 is 0 Å². The van der Waals surface area contributed by atoms with E-state index < -0.39 is 39.1 Å². The van der Waals surface area contributed by atoms with E-state index in [1.165, 1.54) is 0 Å². The predicted octanol–water partition coefficient (Wildman–Crippen LogP) is -0.571. The first-order chi connectivity index (χ1) is 8.84. The van der Waals surface area contributed by atoms with Crippen LogP contribution in [0.15, 0.2) is 17.0 Å². The van der Waals surface area contributed by atoms with E-state index >= 15 is 0 Å². The number of benzene rings is 1. The lowest BCUT2D eigenvalue weighted by molar-refractivity contribution is 0.422. The summed E-state index contributed by atoms with van der Waals surface area (Å²) in [6.45, 7) is 0.560. The maximum atomic E-state index is 13.2. The van der Waals surface area contributed by atoms with Gasteiger partial charge in [0.05, 0.1) is 4.90 Å². The topological polar surface area (TPSA) is 77.8 Å². The first-order valence-corrected chi connectivity index (χ1v) is 7.13. The van der Waals surface area contributed by atoms with Crippen molar-refractivity contribution in [2.45, 2.75) is 17.7 Å². The quantitative estimate of drug-likeness (QED) is 0.731. The van der Waals surface area contributed by atoms with Gasteiger partial charge in [-0.3, -0.25) is 0 Å². The van der Waals surface area contributed by atoms with Gasteiger partial charge in [-0.1, -0.05) is 0 Å². The molecule has 1 heterocycles. The Morgan fingerprint density at radius 3 is 2.16 bits per heavy atom. The van der Waals surface area contributed by atoms with Crippen molar-refractivity contribution in [3.05, 3.63) is 23.8 Å². The Morgan fingerprint density at radius 2 is 1.63 bits per heavy atom. The highest BCUT2D eigenvalue weighted by molar-refractivity contribution is 7.89. The van der Waals surface area contributed by atoms with Crippen LogP contribution in [-0.2, 0) is 10.0 Å². The molecule has 0 saturated carbocycles. The first-order valence-electron chi connectivity index (χ1n) is 5.69. The number of halogens is 2. The minimum atomic E-state index is -4.05. The second kappa shape index (κ2) is 5.16. The van der Waals surface area contributed by atoms with Crippen molar-refractivity contribution in [2.24, 2.45) is 0 Å². The Balaban J connectivity index is 2.57. The van der Waals surface area contributed by atoms with Crippen molar-refractivity contribution in [1.29, 1.82) is 0 Å². The number of nitrogens with zero attached hydrogens (tertiary/aromatic N) is 1. The summed E-state index contributed by atoms with van der Waals surface area (Å²) in [7, 11) is -6.24. The predicted molar refractivity (Wildman–Crippen MR) is 64.2 cm³/mol. The molecule has 104 valence electrons. The highest BCUT2D eigenvalue weighted by atomic mass is 32.2. The number of rotatable bonds is 3. The highest BCUT2D eigenvalue weighted by Crippen LogP contribution is 2.21. The van der Waals surface area contributed by atoms with Crippen LogP contribution < -0.4 is 5.46 Å². The van der Waals surface area contributed by atoms with Gasteiger partial charge in [-0.05, 0) is 25.0 Å². The smallest absolute Gasteiger partial charge is 0.423 e. The molecule has 5 nitrogen and oxygen atoms in total. The molecule has 1 aliphatic rings. The zero-order valence-corrected chi connectivity index (χ0v) is 10.7. The Hall–Kier alpha value is -1.03. The molecule has 0 atom stereocenters. The van der Waals surface area contributed by atoms with Crippen molar-refractivity contribution in [3.63, 3.8) is 0 Å². The van der Waals surface area contributed by atoms with E-state index in [4.69, 9.17) is 10.0 Å². The molecule has 2 N–H and O–H groups in total. The zero-order chi connectivity index (χ0) is 14.2. The van der Waals surface area contributed by atoms with Gasteiger partial charge in [0.15, 0.2) is 11.6 Å². The zero-order valence-electron chi connectivity index (χ0n) is 9.88. The molecule has 1 fully saturated rings. The lowest BCUT2D eigenvalue weighted by atomic mass is 9.80. The van der Waals surface area contributed by atoms with Gasteiger partial charge in [0.1, 0.15) is 0 Å². The molecule has 1 aromatic carbocycles. The van der Waals surface area contributed by atoms with E-state index in [1.807, 2.05) is 0 Å². The van der Waals surface area contributed by atoms with Crippen LogP contribution in [-0.4, -0.2) is 43.0 Å². The van der Waals surface area contributed by atoms with Gasteiger partial charge < -0.3 is 10.0 Å². The Bertz CT molecular complexity index is 587. The van der Waals surface area contributed by atoms with Gasteiger partial charge in [-0.25, -0.2) is 17.2 Å². The number of hydrogen-bond acceptors (Lipinski definition) is 4. The molecule has 1 aliphatic heterocycles. The molecule has 0 radical (unpaired) electrons. The second-order valence-electron chi connectivity index (χ2n) is 4.29. The molecule has 9 heteroatoms. The van der Waals surface area contributed by atoms with Crippen LogP contribution in [0, 0.1) is 11.6 Å². The second-order valence-corrected chi connectivity index (χ2v) is 6.20. The van der Waals surface area contributed by atoms with Crippen LogP contribution in [0.2, 0.25) is 0 Å². The van der Waals surface area contributed by atoms with Crippen LogP contribution in [0.1, 0.15) is 12.8 Å². The molecule has 0 amide bonds. The average Bonchev–Trinajstić information content (AvgIpc) is 2.85. The molecular weight excluding hydrogens is 279 g/mol. The number of hydrogen-bond donors (Lipinski definition) is 2. The SMILES string of the molecule is O=S(=O)(c1cc(F)c(F)cc1B(O)O)N1CCCC1. The summed E-state index contributed by atoms with van der Waals surface area (Å²) in [5.41, 5.74) is -0.564. The Labute approximate surface area is 109 Å². The third-order valence-electron chi connectivity index (χ3n) is 3.01. The fraction of sp³-hybridized carbons (Fsp3) is 0.400. The number of sulfonamides is 1. The standard InChI is InChI=1S/C10H12BF2NO4S/c12-8-5-7(11(15)16)10(6-9(8)13)19(17,18)14-3-1-2-4-14/h5-6,15-16H,1-4H2. The van der Waals surface area contributed by atoms with E-state index in [-0.39, 0.29) is 13.1 Å². The van der Waals surface area contributed by atoms with Crippen LogP contribution in [0.5, 0.6) is 0 Å². The summed E-state index contributed by atoms with van der Waals surface area (Å²) < 4.78 is 51.9. The maximum absolute atomic E-state index is 13.2. The minimum absolute atomic E-state index is 0.280. The molecule has 1 aromatic rings. The Morgan fingerprint density at radius 1 is 1.11 bits per heavy atom. The van der Waals surface area contributed by atoms with Crippen molar-refractivity contribution >= 4 is 22.6 Å². The Kier molecular flexibility index (Phi) is 3.91. The van der Waals surface area contributed by atoms with E-state index in [0.717, 1.165) is 4.31 Å². The van der Waals surface area contributed by atoms with Crippen molar-refractivity contribution in [2.75, 3.05) is 13.1 Å². The molecule has 0 aromatic heterocycles. The van der Waals surface area contributed by atoms with Crippen LogP contribution in [0.4, 0.5) is 8.78 Å². The lowest BCUT2D eigenvalue weighted by Gasteiger charge is -2.18. The molecule has 2 rings (SSSR count). The maximum Gasteiger partial charge on any atom is 0.489 e. The molecule has 0 aliphatic carbocycles. The van der Waals surface area contributed by atoms with Crippen LogP contribution in [0.25, 0.3) is 0 Å². The normalized spacial score (nSPS) is 16.8. The third-order valence-corrected chi connectivity index (χ3v) is 4.97. The fourth-order valence-electron chi connectivity index (χ4n) is 2.04. The van der Waals surface area contributed by atoms with Gasteiger partial charge >= 0.3 is 7.12 Å². The summed E-state index contributed by atoms with van der Waals surface area (Å²) in [5.74, 6) is -2.68. The van der Waals surface area contributed by atoms with Crippen molar-refractivity contribution < 1.29 is 27.2 Å². The summed E-state index contributed by atoms with van der Waals surface area (Å²) in [6, 6.07) is 0.973. The first kappa shape index (κ1) is 14.4. The van der Waals surface area contributed by atoms with Crippen LogP contribution in [0.3, 0.4) is 0 Å². The molecule has 1 saturated heterocycles. The molecule has 0 unspecified atom stereocenters. The van der Waals surface area contributed by atoms with E-state index in [9.17, 15) is 17.2 Å². The summed E-state index contributed by atoms with van der Waals surface area (Å²) in [5, 5.41) is 18.2. The monoisotopic (exact) mass is 291 g/mol. The van der Waals surface area contributed by atoms with Gasteiger partial charge in [-0.15, -0.1) is 0 Å². The van der Waals surface area contributed by atoms with Crippen molar-refractivity contribution in [3.8, 4) is 0 Å². The van der Waals surface area contributed by atoms with Gasteiger partial charge in [-0.2, -0.15) is 4.31 Å². The molecule has 19 heavy (non-hydrogen) atoms.